The summed E-state index contributed by atoms with van der Waals surface area (Å²) in [7, 11) is 0. The van der Waals surface area contributed by atoms with E-state index in [1.54, 1.807) is 9.80 Å². The molecule has 0 radical (unpaired) electrons. The normalized spacial score (nSPS) is 32.0. The van der Waals surface area contributed by atoms with E-state index in [2.05, 4.69) is 42.5 Å². The standard InChI is InChI=1S/C26H46N10O4/c37-23(29-19-5-9-27-13-19)31-21-7-11-35(15-21)25(39)33-17-1-2-18(4-3-17)34-26(40)36-12-8-22(16-36)32-24(38)30-20-6-10-28-14-20/h17-22,27-28H,1-16H2,(H,33,39)(H,34,40)(H2,29,31,37)(H2,30,32,38)/t17?,18?,19-,20-,21+,22+/m0/s1. The highest BCUT2D eigenvalue weighted by molar-refractivity contribution is 5.77. The van der Waals surface area contributed by atoms with Crippen LogP contribution in [0.2, 0.25) is 0 Å². The largest absolute Gasteiger partial charge is 0.335 e. The van der Waals surface area contributed by atoms with E-state index in [-0.39, 0.29) is 60.4 Å². The number of urea groups is 4. The topological polar surface area (TPSA) is 171 Å². The molecule has 1 aliphatic carbocycles. The van der Waals surface area contributed by atoms with Crippen LogP contribution in [0.5, 0.6) is 0 Å². The van der Waals surface area contributed by atoms with Crippen LogP contribution in [0.3, 0.4) is 0 Å². The molecular formula is C26H46N10O4. The molecule has 14 nitrogen and oxygen atoms in total. The Balaban J connectivity index is 0.942. The third-order valence-electron chi connectivity index (χ3n) is 8.79. The number of hydrogen-bond donors (Lipinski definition) is 8. The average molecular weight is 563 g/mol. The van der Waals surface area contributed by atoms with Gasteiger partial charge in [-0.25, -0.2) is 19.2 Å². The van der Waals surface area contributed by atoms with E-state index in [0.717, 1.165) is 77.5 Å². The van der Waals surface area contributed by atoms with Gasteiger partial charge < -0.3 is 52.3 Å². The lowest BCUT2D eigenvalue weighted by atomic mass is 9.91. The van der Waals surface area contributed by atoms with E-state index in [9.17, 15) is 19.2 Å². The zero-order valence-corrected chi connectivity index (χ0v) is 23.3. The predicted molar refractivity (Wildman–Crippen MR) is 149 cm³/mol. The van der Waals surface area contributed by atoms with E-state index in [1.165, 1.54) is 0 Å². The van der Waals surface area contributed by atoms with E-state index >= 15 is 0 Å². The number of carbonyl (C=O) groups is 4. The highest BCUT2D eigenvalue weighted by Gasteiger charge is 2.32. The second kappa shape index (κ2) is 13.6. The number of amides is 8. The van der Waals surface area contributed by atoms with Gasteiger partial charge in [-0.1, -0.05) is 0 Å². The second-order valence-corrected chi connectivity index (χ2v) is 11.9. The van der Waals surface area contributed by atoms with Crippen molar-refractivity contribution < 1.29 is 19.2 Å². The van der Waals surface area contributed by atoms with Crippen LogP contribution in [0.4, 0.5) is 19.2 Å². The molecule has 8 N–H and O–H groups in total. The fourth-order valence-electron chi connectivity index (χ4n) is 6.42. The van der Waals surface area contributed by atoms with Crippen molar-refractivity contribution in [2.75, 3.05) is 52.4 Å². The van der Waals surface area contributed by atoms with Crippen molar-refractivity contribution in [1.82, 2.24) is 52.3 Å². The van der Waals surface area contributed by atoms with Crippen LogP contribution in [-0.4, -0.2) is 123 Å². The Morgan fingerprint density at radius 1 is 0.475 bits per heavy atom. The molecule has 224 valence electrons. The van der Waals surface area contributed by atoms with Crippen LogP contribution < -0.4 is 42.5 Å². The van der Waals surface area contributed by atoms with Gasteiger partial charge in [0.15, 0.2) is 0 Å². The third-order valence-corrected chi connectivity index (χ3v) is 8.79. The maximum absolute atomic E-state index is 12.8. The number of nitrogens with one attached hydrogen (secondary N) is 8. The van der Waals surface area contributed by atoms with Crippen LogP contribution in [0, 0.1) is 0 Å². The van der Waals surface area contributed by atoms with E-state index in [1.807, 2.05) is 0 Å². The molecule has 5 aliphatic rings. The molecule has 14 heteroatoms. The monoisotopic (exact) mass is 562 g/mol. The Morgan fingerprint density at radius 2 is 0.875 bits per heavy atom. The molecule has 5 rings (SSSR count). The van der Waals surface area contributed by atoms with Crippen LogP contribution in [0.25, 0.3) is 0 Å². The van der Waals surface area contributed by atoms with Crippen molar-refractivity contribution in [1.29, 1.82) is 0 Å². The molecule has 40 heavy (non-hydrogen) atoms. The number of carbonyl (C=O) groups excluding carboxylic acids is 4. The van der Waals surface area contributed by atoms with Crippen molar-refractivity contribution >= 4 is 24.1 Å². The quantitative estimate of drug-likeness (QED) is 0.210. The molecule has 4 aliphatic heterocycles. The van der Waals surface area contributed by atoms with Gasteiger partial charge in [0.05, 0.1) is 0 Å². The maximum atomic E-state index is 12.8. The molecule has 4 saturated heterocycles. The van der Waals surface area contributed by atoms with Gasteiger partial charge in [-0.2, -0.15) is 0 Å². The molecule has 4 heterocycles. The summed E-state index contributed by atoms with van der Waals surface area (Å²) in [5.41, 5.74) is 0. The van der Waals surface area contributed by atoms with Gasteiger partial charge in [0, 0.05) is 75.5 Å². The molecule has 0 aromatic rings. The van der Waals surface area contributed by atoms with Crippen LogP contribution >= 0.6 is 0 Å². The van der Waals surface area contributed by atoms with Gasteiger partial charge >= 0.3 is 24.1 Å². The molecule has 0 spiro atoms. The number of hydrogen-bond acceptors (Lipinski definition) is 6. The Labute approximate surface area is 235 Å². The lowest BCUT2D eigenvalue weighted by Crippen LogP contribution is -2.51. The molecule has 0 aromatic heterocycles. The summed E-state index contributed by atoms with van der Waals surface area (Å²) in [5, 5.41) is 24.7. The molecule has 8 amide bonds. The van der Waals surface area contributed by atoms with Crippen molar-refractivity contribution in [2.45, 2.75) is 87.6 Å². The van der Waals surface area contributed by atoms with Crippen LogP contribution in [-0.2, 0) is 0 Å². The van der Waals surface area contributed by atoms with Gasteiger partial charge in [0.2, 0.25) is 0 Å². The molecule has 5 fully saturated rings. The van der Waals surface area contributed by atoms with Crippen LogP contribution in [0.15, 0.2) is 0 Å². The number of likely N-dealkylation sites (tertiary alicyclic amines) is 2. The Morgan fingerprint density at radius 3 is 1.25 bits per heavy atom. The summed E-state index contributed by atoms with van der Waals surface area (Å²) in [4.78, 5) is 53.7. The fourth-order valence-corrected chi connectivity index (χ4v) is 6.42. The zero-order valence-electron chi connectivity index (χ0n) is 23.3. The average Bonchev–Trinajstić information content (AvgIpc) is 3.74. The highest BCUT2D eigenvalue weighted by Crippen LogP contribution is 2.20. The Kier molecular flexibility index (Phi) is 9.68. The van der Waals surface area contributed by atoms with Gasteiger partial charge in [-0.3, -0.25) is 0 Å². The summed E-state index contributed by atoms with van der Waals surface area (Å²) in [6.07, 6.45) is 6.61. The first-order valence-corrected chi connectivity index (χ1v) is 15.1. The van der Waals surface area contributed by atoms with E-state index in [0.29, 0.717) is 26.2 Å². The SMILES string of the molecule is O=C(N[C@@H]1CCN(C(=O)NC2CCC(NC(=O)N3CC[C@@H](NC(=O)N[C@H]4CCNC4)C3)CC2)C1)N[C@H]1CCNC1. The first-order valence-electron chi connectivity index (χ1n) is 15.1. The highest BCUT2D eigenvalue weighted by atomic mass is 16.2. The molecule has 4 atom stereocenters. The molecule has 0 aromatic carbocycles. The smallest absolute Gasteiger partial charge is 0.317 e. The molecule has 1 saturated carbocycles. The summed E-state index contributed by atoms with van der Waals surface area (Å²) in [5.74, 6) is 0. The minimum absolute atomic E-state index is 0.0366. The minimum atomic E-state index is -0.162. The van der Waals surface area contributed by atoms with E-state index in [4.69, 9.17) is 0 Å². The third kappa shape index (κ3) is 8.03. The fraction of sp³-hybridized carbons (Fsp3) is 0.846. The summed E-state index contributed by atoms with van der Waals surface area (Å²) in [6.45, 7) is 5.72. The van der Waals surface area contributed by atoms with Crippen molar-refractivity contribution in [3.05, 3.63) is 0 Å². The van der Waals surface area contributed by atoms with Crippen molar-refractivity contribution in [3.63, 3.8) is 0 Å². The van der Waals surface area contributed by atoms with Crippen molar-refractivity contribution in [2.24, 2.45) is 0 Å². The van der Waals surface area contributed by atoms with Gasteiger partial charge in [-0.15, -0.1) is 0 Å². The van der Waals surface area contributed by atoms with Gasteiger partial charge in [0.25, 0.3) is 0 Å². The number of nitrogens with zero attached hydrogens (tertiary/aromatic N) is 2. The predicted octanol–water partition coefficient (Wildman–Crippen LogP) is -0.812. The second-order valence-electron chi connectivity index (χ2n) is 11.9. The minimum Gasteiger partial charge on any atom is -0.335 e. The lowest BCUT2D eigenvalue weighted by molar-refractivity contribution is 0.189. The Bertz CT molecular complexity index is 830. The van der Waals surface area contributed by atoms with Crippen LogP contribution in [0.1, 0.15) is 51.4 Å². The van der Waals surface area contributed by atoms with Crippen molar-refractivity contribution in [3.8, 4) is 0 Å². The summed E-state index contributed by atoms with van der Waals surface area (Å²) >= 11 is 0. The zero-order chi connectivity index (χ0) is 27.9. The maximum Gasteiger partial charge on any atom is 0.317 e. The van der Waals surface area contributed by atoms with E-state index < -0.39 is 0 Å². The van der Waals surface area contributed by atoms with Gasteiger partial charge in [-0.05, 0) is 64.5 Å². The first-order chi connectivity index (χ1) is 19.4. The first kappa shape index (κ1) is 28.5. The summed E-state index contributed by atoms with van der Waals surface area (Å²) in [6, 6.07) is -0.0589. The molecular weight excluding hydrogens is 516 g/mol. The lowest BCUT2D eigenvalue weighted by Gasteiger charge is -2.32. The molecule has 0 bridgehead atoms. The Hall–Kier alpha value is -3.00. The number of rotatable bonds is 6. The summed E-state index contributed by atoms with van der Waals surface area (Å²) < 4.78 is 0. The molecule has 0 unspecified atom stereocenters. The van der Waals surface area contributed by atoms with Gasteiger partial charge in [0.1, 0.15) is 0 Å².